The van der Waals surface area contributed by atoms with E-state index in [9.17, 15) is 9.59 Å². The van der Waals surface area contributed by atoms with Crippen molar-refractivity contribution in [2.24, 2.45) is 0 Å². The molecule has 3 nitrogen and oxygen atoms in total. The Kier molecular flexibility index (Phi) is 11.6. The molecule has 0 atom stereocenters. The third kappa shape index (κ3) is 11.9. The Morgan fingerprint density at radius 3 is 2.00 bits per heavy atom. The van der Waals surface area contributed by atoms with Crippen LogP contribution in [0.2, 0.25) is 0 Å². The van der Waals surface area contributed by atoms with Crippen molar-refractivity contribution >= 4 is 11.7 Å². The molecule has 0 aromatic rings. The average Bonchev–Trinajstić information content (AvgIpc) is 2.05. The molecule has 0 spiro atoms. The van der Waals surface area contributed by atoms with E-state index in [1.807, 2.05) is 20.8 Å². The van der Waals surface area contributed by atoms with Gasteiger partial charge in [0.05, 0.1) is 0 Å². The fourth-order valence-corrected chi connectivity index (χ4v) is 0.575. The number of carbonyl (C=O) groups is 2. The van der Waals surface area contributed by atoms with Gasteiger partial charge in [-0.05, 0) is 13.8 Å². The lowest BCUT2D eigenvalue weighted by atomic mass is 10.2. The van der Waals surface area contributed by atoms with Crippen LogP contribution in [-0.2, 0) is 9.59 Å². The number of Topliss-reactive ketones (excluding diaryl/α,β-unsaturated/α-hetero) is 1. The highest BCUT2D eigenvalue weighted by atomic mass is 16.2. The van der Waals surface area contributed by atoms with Gasteiger partial charge in [-0.2, -0.15) is 0 Å². The monoisotopic (exact) mass is 173 g/mol. The van der Waals surface area contributed by atoms with Crippen LogP contribution in [0.15, 0.2) is 0 Å². The van der Waals surface area contributed by atoms with Crippen LogP contribution in [0.3, 0.4) is 0 Å². The predicted octanol–water partition coefficient (Wildman–Crippen LogP) is 1.52. The summed E-state index contributed by atoms with van der Waals surface area (Å²) in [6.07, 6.45) is 0.676. The Hall–Kier alpha value is -0.860. The highest BCUT2D eigenvalue weighted by Gasteiger charge is 2.00. The molecule has 0 saturated carbocycles. The molecular weight excluding hydrogens is 154 g/mol. The molecule has 0 bridgehead atoms. The van der Waals surface area contributed by atoms with Crippen molar-refractivity contribution in [2.75, 3.05) is 6.54 Å². The second-order valence-corrected chi connectivity index (χ2v) is 2.16. The lowest BCUT2D eigenvalue weighted by molar-refractivity contribution is -0.124. The average molecular weight is 173 g/mol. The van der Waals surface area contributed by atoms with Gasteiger partial charge < -0.3 is 10.1 Å². The first-order chi connectivity index (χ1) is 5.66. The van der Waals surface area contributed by atoms with Crippen molar-refractivity contribution in [1.82, 2.24) is 5.32 Å². The van der Waals surface area contributed by atoms with Crippen molar-refractivity contribution in [3.05, 3.63) is 0 Å². The van der Waals surface area contributed by atoms with Crippen molar-refractivity contribution in [3.8, 4) is 0 Å². The number of rotatable bonds is 4. The van der Waals surface area contributed by atoms with E-state index in [-0.39, 0.29) is 11.7 Å². The van der Waals surface area contributed by atoms with Crippen LogP contribution in [0.5, 0.6) is 0 Å². The van der Waals surface area contributed by atoms with E-state index >= 15 is 0 Å². The number of hydrogen-bond donors (Lipinski definition) is 1. The minimum Gasteiger partial charge on any atom is -0.356 e. The molecule has 0 aliphatic heterocycles. The van der Waals surface area contributed by atoms with Crippen LogP contribution in [-0.4, -0.2) is 18.2 Å². The van der Waals surface area contributed by atoms with Gasteiger partial charge in [0.1, 0.15) is 5.78 Å². The molecule has 0 heterocycles. The van der Waals surface area contributed by atoms with Crippen molar-refractivity contribution in [3.63, 3.8) is 0 Å². The first-order valence-electron chi connectivity index (χ1n) is 4.43. The topological polar surface area (TPSA) is 46.2 Å². The summed E-state index contributed by atoms with van der Waals surface area (Å²) in [5.41, 5.74) is 0. The van der Waals surface area contributed by atoms with E-state index in [1.54, 1.807) is 0 Å². The van der Waals surface area contributed by atoms with E-state index in [0.717, 1.165) is 0 Å². The van der Waals surface area contributed by atoms with Gasteiger partial charge in [-0.25, -0.2) is 0 Å². The van der Waals surface area contributed by atoms with E-state index in [1.165, 1.54) is 6.92 Å². The van der Waals surface area contributed by atoms with Gasteiger partial charge in [-0.1, -0.05) is 13.8 Å². The van der Waals surface area contributed by atoms with Crippen LogP contribution >= 0.6 is 0 Å². The van der Waals surface area contributed by atoms with Crippen LogP contribution in [0.4, 0.5) is 0 Å². The molecule has 0 saturated heterocycles. The highest BCUT2D eigenvalue weighted by molar-refractivity contribution is 5.83. The Morgan fingerprint density at radius 2 is 1.67 bits per heavy atom. The Bertz CT molecular complexity index is 132. The maximum absolute atomic E-state index is 10.7. The standard InChI is InChI=1S/C7H13NO2.C2H6/c1-3-8-7(10)5-4-6(2)9;1-2/h3-5H2,1-2H3,(H,8,10);1-2H3. The first-order valence-corrected chi connectivity index (χ1v) is 4.43. The molecule has 0 aromatic heterocycles. The molecule has 0 aliphatic carbocycles. The number of nitrogens with one attached hydrogen (secondary N) is 1. The van der Waals surface area contributed by atoms with E-state index in [4.69, 9.17) is 0 Å². The van der Waals surface area contributed by atoms with Crippen molar-refractivity contribution in [2.45, 2.75) is 40.5 Å². The second kappa shape index (κ2) is 10.1. The second-order valence-electron chi connectivity index (χ2n) is 2.16. The normalized spacial score (nSPS) is 8.00. The fourth-order valence-electron chi connectivity index (χ4n) is 0.575. The van der Waals surface area contributed by atoms with Gasteiger partial charge in [0.2, 0.25) is 5.91 Å². The molecule has 0 aliphatic rings. The maximum Gasteiger partial charge on any atom is 0.220 e. The molecule has 0 unspecified atom stereocenters. The Labute approximate surface area is 74.5 Å². The summed E-state index contributed by atoms with van der Waals surface area (Å²) in [6, 6.07) is 0. The molecule has 0 rings (SSSR count). The van der Waals surface area contributed by atoms with Crippen LogP contribution in [0.1, 0.15) is 40.5 Å². The van der Waals surface area contributed by atoms with E-state index in [2.05, 4.69) is 5.32 Å². The molecule has 12 heavy (non-hydrogen) atoms. The third-order valence-corrected chi connectivity index (χ3v) is 1.08. The van der Waals surface area contributed by atoms with Gasteiger partial charge in [-0.3, -0.25) is 4.79 Å². The van der Waals surface area contributed by atoms with Crippen LogP contribution < -0.4 is 5.32 Å². The van der Waals surface area contributed by atoms with E-state index in [0.29, 0.717) is 19.4 Å². The molecule has 1 amide bonds. The Balaban J connectivity index is 0. The summed E-state index contributed by atoms with van der Waals surface area (Å²) >= 11 is 0. The summed E-state index contributed by atoms with van der Waals surface area (Å²) in [5.74, 6) is 0.0175. The van der Waals surface area contributed by atoms with Crippen LogP contribution in [0.25, 0.3) is 0 Å². The zero-order valence-electron chi connectivity index (χ0n) is 8.44. The minimum atomic E-state index is -0.0438. The summed E-state index contributed by atoms with van der Waals surface area (Å²) in [4.78, 5) is 21.1. The first kappa shape index (κ1) is 13.7. The van der Waals surface area contributed by atoms with Gasteiger partial charge in [0.25, 0.3) is 0 Å². The molecular formula is C9H19NO2. The summed E-state index contributed by atoms with van der Waals surface area (Å²) < 4.78 is 0. The highest BCUT2D eigenvalue weighted by Crippen LogP contribution is 1.88. The Morgan fingerprint density at radius 1 is 1.17 bits per heavy atom. The lowest BCUT2D eigenvalue weighted by Crippen LogP contribution is -2.22. The molecule has 3 heteroatoms. The quantitative estimate of drug-likeness (QED) is 0.700. The number of carbonyl (C=O) groups excluding carboxylic acids is 2. The van der Waals surface area contributed by atoms with Gasteiger partial charge in [-0.15, -0.1) is 0 Å². The minimum absolute atomic E-state index is 0.0438. The van der Waals surface area contributed by atoms with Crippen molar-refractivity contribution in [1.29, 1.82) is 0 Å². The zero-order chi connectivity index (χ0) is 9.98. The largest absolute Gasteiger partial charge is 0.356 e. The van der Waals surface area contributed by atoms with Crippen molar-refractivity contribution < 1.29 is 9.59 Å². The summed E-state index contributed by atoms with van der Waals surface area (Å²) in [6.45, 7) is 7.97. The van der Waals surface area contributed by atoms with Gasteiger partial charge in [0.15, 0.2) is 0 Å². The summed E-state index contributed by atoms with van der Waals surface area (Å²) in [7, 11) is 0. The SMILES string of the molecule is CC.CCNC(=O)CCC(C)=O. The molecule has 0 radical (unpaired) electrons. The molecule has 0 aromatic carbocycles. The van der Waals surface area contributed by atoms with E-state index < -0.39 is 0 Å². The smallest absolute Gasteiger partial charge is 0.220 e. The molecule has 1 N–H and O–H groups in total. The lowest BCUT2D eigenvalue weighted by Gasteiger charge is -1.98. The summed E-state index contributed by atoms with van der Waals surface area (Å²) in [5, 5.41) is 2.61. The van der Waals surface area contributed by atoms with Gasteiger partial charge in [0, 0.05) is 19.4 Å². The molecule has 0 fully saturated rings. The molecule has 72 valence electrons. The number of amides is 1. The maximum atomic E-state index is 10.7. The fraction of sp³-hybridized carbons (Fsp3) is 0.778. The van der Waals surface area contributed by atoms with Crippen LogP contribution in [0, 0.1) is 0 Å². The number of hydrogen-bond acceptors (Lipinski definition) is 2. The zero-order valence-corrected chi connectivity index (χ0v) is 8.44. The third-order valence-electron chi connectivity index (χ3n) is 1.08. The predicted molar refractivity (Wildman–Crippen MR) is 49.9 cm³/mol. The number of ketones is 1. The van der Waals surface area contributed by atoms with Gasteiger partial charge >= 0.3 is 0 Å².